The fourth-order valence-electron chi connectivity index (χ4n) is 1.06. The Hall–Kier alpha value is -1.00. The molecule has 1 amide bonds. The van der Waals surface area contributed by atoms with Crippen molar-refractivity contribution in [1.82, 2.24) is 10.3 Å². The van der Waals surface area contributed by atoms with E-state index >= 15 is 0 Å². The second-order valence-electron chi connectivity index (χ2n) is 4.43. The maximum atomic E-state index is 11.6. The molecule has 0 radical (unpaired) electrons. The lowest BCUT2D eigenvalue weighted by molar-refractivity contribution is 0.0142. The van der Waals surface area contributed by atoms with Crippen molar-refractivity contribution in [1.29, 1.82) is 0 Å². The Labute approximate surface area is 100 Å². The Morgan fingerprint density at radius 2 is 2.31 bits per heavy atom. The number of aromatic nitrogens is 1. The Balaban J connectivity index is 2.54. The largest absolute Gasteiger partial charge is 0.388 e. The molecule has 0 aliphatic carbocycles. The molecule has 1 unspecified atom stereocenters. The first kappa shape index (κ1) is 13.1. The summed E-state index contributed by atoms with van der Waals surface area (Å²) in [6, 6.07) is 1.54. The van der Waals surface area contributed by atoms with Crippen LogP contribution in [0.25, 0.3) is 0 Å². The van der Waals surface area contributed by atoms with Gasteiger partial charge >= 0.3 is 0 Å². The van der Waals surface area contributed by atoms with Gasteiger partial charge in [-0.25, -0.2) is 0 Å². The van der Waals surface area contributed by atoms with Crippen LogP contribution in [0.4, 0.5) is 0 Å². The molecule has 1 rings (SSSR count). The van der Waals surface area contributed by atoms with E-state index in [4.69, 9.17) is 11.6 Å². The SMILES string of the molecule is CC(C)C(C)(O)CNC(=O)c1cc(Cl)c[nH]1. The monoisotopic (exact) mass is 244 g/mol. The van der Waals surface area contributed by atoms with Crippen molar-refractivity contribution in [2.24, 2.45) is 5.92 Å². The first-order chi connectivity index (χ1) is 7.33. The maximum absolute atomic E-state index is 11.6. The van der Waals surface area contributed by atoms with Gasteiger partial charge in [-0.1, -0.05) is 25.4 Å². The average Bonchev–Trinajstić information content (AvgIpc) is 2.61. The molecule has 0 aromatic carbocycles. The van der Waals surface area contributed by atoms with Gasteiger partial charge in [-0.05, 0) is 18.9 Å². The molecule has 1 aromatic rings. The van der Waals surface area contributed by atoms with Crippen LogP contribution in [0.3, 0.4) is 0 Å². The van der Waals surface area contributed by atoms with E-state index in [0.29, 0.717) is 10.7 Å². The summed E-state index contributed by atoms with van der Waals surface area (Å²) < 4.78 is 0. The van der Waals surface area contributed by atoms with Gasteiger partial charge in [-0.2, -0.15) is 0 Å². The lowest BCUT2D eigenvalue weighted by atomic mass is 9.92. The second kappa shape index (κ2) is 4.89. The van der Waals surface area contributed by atoms with Crippen LogP contribution in [0.1, 0.15) is 31.3 Å². The molecule has 0 saturated heterocycles. The van der Waals surface area contributed by atoms with Crippen molar-refractivity contribution in [3.8, 4) is 0 Å². The Morgan fingerprint density at radius 3 is 2.75 bits per heavy atom. The van der Waals surface area contributed by atoms with Gasteiger partial charge in [0.1, 0.15) is 5.69 Å². The van der Waals surface area contributed by atoms with Crippen molar-refractivity contribution in [3.63, 3.8) is 0 Å². The molecule has 1 heterocycles. The molecule has 5 heteroatoms. The third-order valence-electron chi connectivity index (χ3n) is 2.74. The van der Waals surface area contributed by atoms with Crippen LogP contribution in [0.2, 0.25) is 5.02 Å². The molecule has 4 nitrogen and oxygen atoms in total. The lowest BCUT2D eigenvalue weighted by Crippen LogP contribution is -2.44. The molecule has 0 aliphatic rings. The molecule has 0 saturated carbocycles. The predicted octanol–water partition coefficient (Wildman–Crippen LogP) is 1.80. The molecule has 3 N–H and O–H groups in total. The van der Waals surface area contributed by atoms with E-state index in [-0.39, 0.29) is 18.4 Å². The summed E-state index contributed by atoms with van der Waals surface area (Å²) in [4.78, 5) is 14.4. The molecular formula is C11H17ClN2O2. The van der Waals surface area contributed by atoms with Crippen LogP contribution < -0.4 is 5.32 Å². The fourth-order valence-corrected chi connectivity index (χ4v) is 1.22. The highest BCUT2D eigenvalue weighted by Gasteiger charge is 2.25. The minimum atomic E-state index is -0.911. The fraction of sp³-hybridized carbons (Fsp3) is 0.545. The normalized spacial score (nSPS) is 14.9. The first-order valence-corrected chi connectivity index (χ1v) is 5.55. The summed E-state index contributed by atoms with van der Waals surface area (Å²) in [7, 11) is 0. The van der Waals surface area contributed by atoms with Crippen molar-refractivity contribution < 1.29 is 9.90 Å². The number of halogens is 1. The number of carbonyl (C=O) groups excluding carboxylic acids is 1. The van der Waals surface area contributed by atoms with Crippen molar-refractivity contribution in [3.05, 3.63) is 23.0 Å². The average molecular weight is 245 g/mol. The van der Waals surface area contributed by atoms with E-state index in [1.165, 1.54) is 6.20 Å². The highest BCUT2D eigenvalue weighted by molar-refractivity contribution is 6.30. The molecule has 0 aliphatic heterocycles. The second-order valence-corrected chi connectivity index (χ2v) is 4.86. The van der Waals surface area contributed by atoms with E-state index in [1.54, 1.807) is 13.0 Å². The number of aliphatic hydroxyl groups is 1. The minimum Gasteiger partial charge on any atom is -0.388 e. The quantitative estimate of drug-likeness (QED) is 0.756. The number of nitrogens with one attached hydrogen (secondary N) is 2. The Kier molecular flexibility index (Phi) is 3.99. The molecule has 0 spiro atoms. The van der Waals surface area contributed by atoms with E-state index < -0.39 is 5.60 Å². The van der Waals surface area contributed by atoms with Gasteiger partial charge in [-0.15, -0.1) is 0 Å². The van der Waals surface area contributed by atoms with Crippen molar-refractivity contribution in [2.45, 2.75) is 26.4 Å². The molecule has 1 atom stereocenters. The van der Waals surface area contributed by atoms with E-state index in [9.17, 15) is 9.90 Å². The molecule has 90 valence electrons. The van der Waals surface area contributed by atoms with Crippen LogP contribution in [0.5, 0.6) is 0 Å². The van der Waals surface area contributed by atoms with E-state index in [0.717, 1.165) is 0 Å². The van der Waals surface area contributed by atoms with Gasteiger partial charge < -0.3 is 15.4 Å². The van der Waals surface area contributed by atoms with Crippen LogP contribution in [-0.2, 0) is 0 Å². The van der Waals surface area contributed by atoms with Gasteiger partial charge in [0.05, 0.1) is 10.6 Å². The summed E-state index contributed by atoms with van der Waals surface area (Å²) in [5.74, 6) is -0.201. The summed E-state index contributed by atoms with van der Waals surface area (Å²) in [6.07, 6.45) is 1.54. The smallest absolute Gasteiger partial charge is 0.267 e. The lowest BCUT2D eigenvalue weighted by Gasteiger charge is -2.27. The van der Waals surface area contributed by atoms with Crippen molar-refractivity contribution >= 4 is 17.5 Å². The zero-order chi connectivity index (χ0) is 12.3. The predicted molar refractivity (Wildman–Crippen MR) is 63.6 cm³/mol. The Bertz CT molecular complexity index is 372. The summed E-state index contributed by atoms with van der Waals surface area (Å²) in [5, 5.41) is 13.1. The maximum Gasteiger partial charge on any atom is 0.267 e. The van der Waals surface area contributed by atoms with Crippen molar-refractivity contribution in [2.75, 3.05) is 6.54 Å². The van der Waals surface area contributed by atoms with Crippen LogP contribution in [-0.4, -0.2) is 28.1 Å². The summed E-state index contributed by atoms with van der Waals surface area (Å²) in [5.41, 5.74) is -0.518. The topological polar surface area (TPSA) is 65.1 Å². The highest BCUT2D eigenvalue weighted by Crippen LogP contribution is 2.15. The Morgan fingerprint density at radius 1 is 1.69 bits per heavy atom. The van der Waals surface area contributed by atoms with Gasteiger partial charge in [-0.3, -0.25) is 4.79 Å². The van der Waals surface area contributed by atoms with Crippen LogP contribution in [0, 0.1) is 5.92 Å². The van der Waals surface area contributed by atoms with Gasteiger partial charge in [0.2, 0.25) is 0 Å². The summed E-state index contributed by atoms with van der Waals surface area (Å²) in [6.45, 7) is 5.70. The number of amides is 1. The molecule has 0 bridgehead atoms. The standard InChI is InChI=1S/C11H17ClN2O2/c1-7(2)11(3,16)6-14-10(15)9-4-8(12)5-13-9/h4-5,7,13,16H,6H2,1-3H3,(H,14,15). The van der Waals surface area contributed by atoms with Crippen LogP contribution >= 0.6 is 11.6 Å². The molecule has 1 aromatic heterocycles. The number of rotatable bonds is 4. The molecule has 16 heavy (non-hydrogen) atoms. The van der Waals surface area contributed by atoms with Gasteiger partial charge in [0.15, 0.2) is 0 Å². The number of carbonyl (C=O) groups is 1. The van der Waals surface area contributed by atoms with E-state index in [2.05, 4.69) is 10.3 Å². The zero-order valence-electron chi connectivity index (χ0n) is 9.67. The van der Waals surface area contributed by atoms with Crippen LogP contribution in [0.15, 0.2) is 12.3 Å². The first-order valence-electron chi connectivity index (χ1n) is 5.17. The molecule has 0 fully saturated rings. The number of H-pyrrole nitrogens is 1. The number of aromatic amines is 1. The highest BCUT2D eigenvalue weighted by atomic mass is 35.5. The third kappa shape index (κ3) is 3.25. The van der Waals surface area contributed by atoms with Gasteiger partial charge in [0.25, 0.3) is 5.91 Å². The third-order valence-corrected chi connectivity index (χ3v) is 2.96. The number of hydrogen-bond donors (Lipinski definition) is 3. The molecular weight excluding hydrogens is 228 g/mol. The van der Waals surface area contributed by atoms with E-state index in [1.807, 2.05) is 13.8 Å². The number of hydrogen-bond acceptors (Lipinski definition) is 2. The summed E-state index contributed by atoms with van der Waals surface area (Å²) >= 11 is 5.68. The van der Waals surface area contributed by atoms with Gasteiger partial charge in [0, 0.05) is 12.7 Å². The minimum absolute atomic E-state index is 0.0695. The zero-order valence-corrected chi connectivity index (χ0v) is 10.4.